The van der Waals surface area contributed by atoms with Crippen molar-refractivity contribution in [2.24, 2.45) is 0 Å². The molecule has 39 heavy (non-hydrogen) atoms. The Balaban J connectivity index is 0.000000650. The second kappa shape index (κ2) is 14.2. The van der Waals surface area contributed by atoms with E-state index in [0.29, 0.717) is 17.2 Å². The molecule has 12 nitrogen and oxygen atoms in total. The highest BCUT2D eigenvalue weighted by molar-refractivity contribution is 7.49. The van der Waals surface area contributed by atoms with Crippen LogP contribution >= 0.6 is 23.5 Å². The lowest BCUT2D eigenvalue weighted by Crippen LogP contribution is -2.11. The van der Waals surface area contributed by atoms with Gasteiger partial charge in [0.15, 0.2) is 0 Å². The largest absolute Gasteiger partial charge is 0.647 e. The molecule has 3 aromatic carbocycles. The predicted octanol–water partition coefficient (Wildman–Crippen LogP) is 5.32. The van der Waals surface area contributed by atoms with Gasteiger partial charge in [-0.15, -0.1) is 0 Å². The second-order valence-electron chi connectivity index (χ2n) is 8.41. The van der Waals surface area contributed by atoms with Gasteiger partial charge in [-0.25, -0.2) is 9.13 Å². The lowest BCUT2D eigenvalue weighted by atomic mass is 10.1. The number of phosphoric ester groups is 1. The normalized spacial score (nSPS) is 11.4. The summed E-state index contributed by atoms with van der Waals surface area (Å²) in [7, 11) is -13.3. The van der Waals surface area contributed by atoms with Crippen molar-refractivity contribution in [3.8, 4) is 17.2 Å². The lowest BCUT2D eigenvalue weighted by Gasteiger charge is -2.24. The smallest absolute Gasteiger partial charge is 0.385 e. The highest BCUT2D eigenvalue weighted by Gasteiger charge is 2.36. The Labute approximate surface area is 227 Å². The summed E-state index contributed by atoms with van der Waals surface area (Å²) >= 11 is 0. The summed E-state index contributed by atoms with van der Waals surface area (Å²) in [5.74, 6) is 1.52. The molecule has 0 heterocycles. The zero-order valence-corrected chi connectivity index (χ0v) is 24.9. The topological polar surface area (TPSA) is 200 Å². The summed E-state index contributed by atoms with van der Waals surface area (Å²) < 4.78 is 49.7. The number of benzene rings is 3. The molecule has 0 aromatic heterocycles. The predicted molar refractivity (Wildman–Crippen MR) is 146 cm³/mol. The van der Waals surface area contributed by atoms with Crippen molar-refractivity contribution in [2.45, 2.75) is 41.5 Å². The number of para-hydroxylation sites is 3. The van der Waals surface area contributed by atoms with Gasteiger partial charge in [0.05, 0.1) is 0 Å². The molecule has 0 amide bonds. The zero-order valence-electron chi connectivity index (χ0n) is 22.2. The Morgan fingerprint density at radius 3 is 0.744 bits per heavy atom. The van der Waals surface area contributed by atoms with Gasteiger partial charge in [-0.3, -0.25) is 0 Å². The molecule has 15 heteroatoms. The number of rotatable bonds is 6. The molecule has 0 saturated heterocycles. The Kier molecular flexibility index (Phi) is 12.6. The standard InChI is InChI=1S/C24H27O4P.2H3O4P/c1-16-10-7-11-17(2)22(16)26-29(25,27-23-18(3)12-8-13-19(23)4)28-24-20(5)14-9-15-21(24)6;2*1-5(2,3)4/h7-15H,1-6H3;2*(H3,1,2,3,4). The molecule has 0 radical (unpaired) electrons. The molecule has 0 unspecified atom stereocenters. The zero-order chi connectivity index (χ0) is 30.2. The van der Waals surface area contributed by atoms with Crippen LogP contribution in [0.4, 0.5) is 0 Å². The maximum absolute atomic E-state index is 14.0. The van der Waals surface area contributed by atoms with Gasteiger partial charge < -0.3 is 42.9 Å². The van der Waals surface area contributed by atoms with E-state index in [4.69, 9.17) is 52.1 Å². The summed E-state index contributed by atoms with van der Waals surface area (Å²) in [6, 6.07) is 17.2. The van der Waals surface area contributed by atoms with Crippen LogP contribution in [-0.4, -0.2) is 29.4 Å². The fourth-order valence-corrected chi connectivity index (χ4v) is 4.87. The van der Waals surface area contributed by atoms with Crippen LogP contribution in [0.5, 0.6) is 17.2 Å². The average molecular weight is 606 g/mol. The third-order valence-electron chi connectivity index (χ3n) is 4.84. The van der Waals surface area contributed by atoms with Crippen molar-refractivity contribution in [1.29, 1.82) is 0 Å². The van der Waals surface area contributed by atoms with E-state index in [2.05, 4.69) is 0 Å². The monoisotopic (exact) mass is 606 g/mol. The number of hydrogen-bond donors (Lipinski definition) is 6. The minimum absolute atomic E-state index is 0.508. The SMILES string of the molecule is Cc1cccc(C)c1OP(=O)(Oc1c(C)cccc1C)Oc1c(C)cccc1C.O=P(O)(O)O.O=P(O)(O)O. The second-order valence-corrected chi connectivity index (χ2v) is 11.9. The summed E-state index contributed by atoms with van der Waals surface area (Å²) in [4.78, 5) is 43.1. The van der Waals surface area contributed by atoms with Crippen molar-refractivity contribution >= 4 is 23.5 Å². The van der Waals surface area contributed by atoms with E-state index >= 15 is 0 Å². The Bertz CT molecular complexity index is 1180. The fourth-order valence-electron chi connectivity index (χ4n) is 3.22. The van der Waals surface area contributed by atoms with Crippen LogP contribution in [0.15, 0.2) is 54.6 Å². The third-order valence-corrected chi connectivity index (χ3v) is 6.05. The maximum atomic E-state index is 14.0. The first-order valence-electron chi connectivity index (χ1n) is 11.1. The van der Waals surface area contributed by atoms with E-state index in [-0.39, 0.29) is 0 Å². The first-order chi connectivity index (χ1) is 17.7. The van der Waals surface area contributed by atoms with Gasteiger partial charge in [-0.2, -0.15) is 4.57 Å². The molecular weight excluding hydrogens is 573 g/mol. The molecule has 0 fully saturated rings. The molecule has 0 aliphatic rings. The minimum atomic E-state index is -4.64. The number of aryl methyl sites for hydroxylation is 6. The first-order valence-corrected chi connectivity index (χ1v) is 15.7. The minimum Gasteiger partial charge on any atom is -0.385 e. The Morgan fingerprint density at radius 1 is 0.436 bits per heavy atom. The van der Waals surface area contributed by atoms with Crippen LogP contribution in [0.2, 0.25) is 0 Å². The highest BCUT2D eigenvalue weighted by atomic mass is 31.2. The van der Waals surface area contributed by atoms with Gasteiger partial charge in [0.1, 0.15) is 17.2 Å². The molecule has 0 aliphatic heterocycles. The van der Waals surface area contributed by atoms with Gasteiger partial charge >= 0.3 is 23.5 Å². The van der Waals surface area contributed by atoms with E-state index in [1.165, 1.54) is 0 Å². The van der Waals surface area contributed by atoms with Gasteiger partial charge in [0, 0.05) is 0 Å². The molecule has 0 atom stereocenters. The van der Waals surface area contributed by atoms with Crippen molar-refractivity contribution in [2.75, 3.05) is 0 Å². The fraction of sp³-hybridized carbons (Fsp3) is 0.250. The van der Waals surface area contributed by atoms with Gasteiger partial charge in [0.25, 0.3) is 0 Å². The van der Waals surface area contributed by atoms with Gasteiger partial charge in [-0.1, -0.05) is 54.6 Å². The van der Waals surface area contributed by atoms with Crippen LogP contribution < -0.4 is 13.6 Å². The van der Waals surface area contributed by atoms with E-state index in [0.717, 1.165) is 33.4 Å². The quantitative estimate of drug-likeness (QED) is 0.198. The third kappa shape index (κ3) is 13.4. The van der Waals surface area contributed by atoms with Crippen LogP contribution in [0.25, 0.3) is 0 Å². The summed E-state index contributed by atoms with van der Waals surface area (Å²) in [6.45, 7) is 11.4. The van der Waals surface area contributed by atoms with Crippen LogP contribution in [0.3, 0.4) is 0 Å². The highest BCUT2D eigenvalue weighted by Crippen LogP contribution is 2.53. The molecular formula is C24H33O12P3. The van der Waals surface area contributed by atoms with Crippen molar-refractivity contribution in [3.63, 3.8) is 0 Å². The molecule has 3 rings (SSSR count). The van der Waals surface area contributed by atoms with Crippen molar-refractivity contribution in [3.05, 3.63) is 88.0 Å². The molecule has 216 valence electrons. The molecule has 0 bridgehead atoms. The maximum Gasteiger partial charge on any atom is 0.647 e. The van der Waals surface area contributed by atoms with E-state index < -0.39 is 23.5 Å². The molecule has 0 saturated carbocycles. The number of hydrogen-bond acceptors (Lipinski definition) is 6. The van der Waals surface area contributed by atoms with E-state index in [9.17, 15) is 4.57 Å². The summed E-state index contributed by atoms with van der Waals surface area (Å²) in [5.41, 5.74) is 5.17. The van der Waals surface area contributed by atoms with Crippen LogP contribution in [0.1, 0.15) is 33.4 Å². The number of phosphoric acid groups is 3. The molecule has 3 aromatic rings. The first kappa shape index (κ1) is 34.5. The molecule has 6 N–H and O–H groups in total. The van der Waals surface area contributed by atoms with Crippen LogP contribution in [0, 0.1) is 41.5 Å². The van der Waals surface area contributed by atoms with E-state index in [1.807, 2.05) is 96.1 Å². The average Bonchev–Trinajstić information content (AvgIpc) is 2.74. The van der Waals surface area contributed by atoms with E-state index in [1.54, 1.807) is 0 Å². The van der Waals surface area contributed by atoms with Gasteiger partial charge in [-0.05, 0) is 74.9 Å². The Hall–Kier alpha value is -2.49. The van der Waals surface area contributed by atoms with Crippen molar-refractivity contribution < 1.29 is 56.6 Å². The van der Waals surface area contributed by atoms with Crippen molar-refractivity contribution in [1.82, 2.24) is 0 Å². The molecule has 0 aliphatic carbocycles. The van der Waals surface area contributed by atoms with Crippen LogP contribution in [-0.2, 0) is 13.7 Å². The summed E-state index contributed by atoms with van der Waals surface area (Å²) in [6.07, 6.45) is 0. The van der Waals surface area contributed by atoms with Gasteiger partial charge in [0.2, 0.25) is 0 Å². The molecule has 0 spiro atoms. The lowest BCUT2D eigenvalue weighted by molar-refractivity contribution is 0.272. The Morgan fingerprint density at radius 2 is 0.590 bits per heavy atom. The summed E-state index contributed by atoms with van der Waals surface area (Å²) in [5, 5.41) is 0.